The van der Waals surface area contributed by atoms with E-state index in [9.17, 15) is 9.18 Å². The molecule has 1 aromatic heterocycles. The Balaban J connectivity index is 0.00000304. The molecule has 2 aromatic carbocycles. The summed E-state index contributed by atoms with van der Waals surface area (Å²) in [5.41, 5.74) is 2.44. The second-order valence-corrected chi connectivity index (χ2v) is 10.9. The van der Waals surface area contributed by atoms with Crippen LogP contribution in [0.25, 0.3) is 10.2 Å². The van der Waals surface area contributed by atoms with Gasteiger partial charge in [-0.15, -0.1) is 35.3 Å². The Kier molecular flexibility index (Phi) is 9.19. The Morgan fingerprint density at radius 1 is 1.14 bits per heavy atom. The Morgan fingerprint density at radius 3 is 2.56 bits per heavy atom. The zero-order valence-corrected chi connectivity index (χ0v) is 23.9. The van der Waals surface area contributed by atoms with Gasteiger partial charge in [0.05, 0.1) is 39.7 Å². The number of morpholine rings is 1. The number of likely N-dealkylation sites (tertiary alicyclic amines) is 1. The first-order valence-electron chi connectivity index (χ1n) is 12.5. The number of carbonyl (C=O) groups excluding carboxylic acids is 1. The van der Waals surface area contributed by atoms with E-state index >= 15 is 0 Å². The van der Waals surface area contributed by atoms with Crippen molar-refractivity contribution >= 4 is 57.1 Å². The van der Waals surface area contributed by atoms with E-state index in [-0.39, 0.29) is 47.9 Å². The third-order valence-electron chi connectivity index (χ3n) is 6.88. The van der Waals surface area contributed by atoms with Gasteiger partial charge >= 0.3 is 0 Å². The number of ether oxygens (including phenoxy) is 1. The predicted molar refractivity (Wildman–Crippen MR) is 154 cm³/mol. The van der Waals surface area contributed by atoms with Gasteiger partial charge < -0.3 is 15.0 Å². The molecule has 0 radical (unpaired) electrons. The van der Waals surface area contributed by atoms with Crippen LogP contribution < -0.4 is 10.2 Å². The summed E-state index contributed by atoms with van der Waals surface area (Å²) < 4.78 is 21.8. The van der Waals surface area contributed by atoms with Crippen LogP contribution in [0.15, 0.2) is 42.5 Å². The highest BCUT2D eigenvalue weighted by Gasteiger charge is 2.25. The topological polar surface area (TPSA) is 57.7 Å². The van der Waals surface area contributed by atoms with Crippen molar-refractivity contribution in [3.8, 4) is 0 Å². The number of nitrogens with zero attached hydrogens (tertiary/aromatic N) is 3. The van der Waals surface area contributed by atoms with Gasteiger partial charge in [-0.2, -0.15) is 0 Å². The van der Waals surface area contributed by atoms with Gasteiger partial charge in [0.1, 0.15) is 5.82 Å². The standard InChI is InChI=1S/C27H33FN4O2S.HI/c1-18-15-32(16-19(2)34-18)24-8-7-20(13-22(24)28)14-29-26(33)17-31-11-9-21(10-12-31)27-30-23-5-3-4-6-25(23)35-27;/h3-8,13,18-19,21H,9-12,14-17H2,1-2H3,(H,29,33);1H. The second kappa shape index (κ2) is 12.1. The minimum Gasteiger partial charge on any atom is -0.372 e. The lowest BCUT2D eigenvalue weighted by Crippen LogP contribution is -2.45. The first-order chi connectivity index (χ1) is 16.9. The Morgan fingerprint density at radius 2 is 1.86 bits per heavy atom. The molecular formula is C27H34FIN4O2S. The number of nitrogens with one attached hydrogen (secondary N) is 1. The number of fused-ring (bicyclic) bond motifs is 1. The average molecular weight is 625 g/mol. The molecule has 2 aliphatic heterocycles. The minimum absolute atomic E-state index is 0. The smallest absolute Gasteiger partial charge is 0.234 e. The fourth-order valence-corrected chi connectivity index (χ4v) is 6.29. The van der Waals surface area contributed by atoms with Crippen LogP contribution in [0.1, 0.15) is 43.2 Å². The van der Waals surface area contributed by atoms with Crippen LogP contribution in [0.2, 0.25) is 0 Å². The predicted octanol–water partition coefficient (Wildman–Crippen LogP) is 5.16. The fourth-order valence-electron chi connectivity index (χ4n) is 5.15. The highest BCUT2D eigenvalue weighted by Crippen LogP contribution is 2.33. The first kappa shape index (κ1) is 27.2. The van der Waals surface area contributed by atoms with Crippen molar-refractivity contribution in [1.82, 2.24) is 15.2 Å². The minimum atomic E-state index is -0.255. The molecule has 1 N–H and O–H groups in total. The molecule has 194 valence electrons. The summed E-state index contributed by atoms with van der Waals surface area (Å²) in [5.74, 6) is 0.185. The van der Waals surface area contributed by atoms with E-state index in [2.05, 4.69) is 28.4 Å². The van der Waals surface area contributed by atoms with Gasteiger partial charge in [0.25, 0.3) is 0 Å². The molecule has 0 saturated carbocycles. The molecule has 6 nitrogen and oxygen atoms in total. The van der Waals surface area contributed by atoms with Crippen molar-refractivity contribution in [3.63, 3.8) is 0 Å². The summed E-state index contributed by atoms with van der Waals surface area (Å²) in [6, 6.07) is 13.5. The van der Waals surface area contributed by atoms with Crippen molar-refractivity contribution < 1.29 is 13.9 Å². The summed E-state index contributed by atoms with van der Waals surface area (Å²) >= 11 is 1.79. The van der Waals surface area contributed by atoms with Crippen LogP contribution in [0.5, 0.6) is 0 Å². The van der Waals surface area contributed by atoms with Crippen molar-refractivity contribution in [2.45, 2.75) is 51.4 Å². The maximum Gasteiger partial charge on any atom is 0.234 e. The number of rotatable bonds is 6. The number of aromatic nitrogens is 1. The van der Waals surface area contributed by atoms with Gasteiger partial charge in [-0.3, -0.25) is 9.69 Å². The van der Waals surface area contributed by atoms with Crippen LogP contribution in [0.4, 0.5) is 10.1 Å². The lowest BCUT2D eigenvalue weighted by Gasteiger charge is -2.37. The third kappa shape index (κ3) is 6.54. The number of amides is 1. The number of piperidine rings is 1. The zero-order valence-electron chi connectivity index (χ0n) is 20.8. The van der Waals surface area contributed by atoms with Gasteiger partial charge in [-0.25, -0.2) is 9.37 Å². The third-order valence-corrected chi connectivity index (χ3v) is 8.08. The number of anilines is 1. The largest absolute Gasteiger partial charge is 0.372 e. The number of hydrogen-bond acceptors (Lipinski definition) is 6. The molecule has 9 heteroatoms. The molecule has 0 aliphatic carbocycles. The lowest BCUT2D eigenvalue weighted by molar-refractivity contribution is -0.122. The zero-order chi connectivity index (χ0) is 24.4. The number of halogens is 2. The number of para-hydroxylation sites is 1. The van der Waals surface area contributed by atoms with E-state index in [4.69, 9.17) is 9.72 Å². The van der Waals surface area contributed by atoms with E-state index in [1.807, 2.05) is 36.9 Å². The van der Waals surface area contributed by atoms with Crippen molar-refractivity contribution in [3.05, 3.63) is 58.9 Å². The number of hydrogen-bond donors (Lipinski definition) is 1. The maximum absolute atomic E-state index is 14.8. The normalized spacial score (nSPS) is 21.4. The summed E-state index contributed by atoms with van der Waals surface area (Å²) in [6.07, 6.45) is 2.17. The summed E-state index contributed by atoms with van der Waals surface area (Å²) in [6.45, 7) is 7.83. The van der Waals surface area contributed by atoms with Crippen molar-refractivity contribution in [2.24, 2.45) is 0 Å². The molecule has 3 heterocycles. The van der Waals surface area contributed by atoms with Crippen molar-refractivity contribution in [2.75, 3.05) is 37.6 Å². The van der Waals surface area contributed by atoms with Crippen LogP contribution in [-0.2, 0) is 16.1 Å². The Hall–Kier alpha value is -1.82. The molecular weight excluding hydrogens is 590 g/mol. The van der Waals surface area contributed by atoms with Crippen LogP contribution in [0.3, 0.4) is 0 Å². The van der Waals surface area contributed by atoms with Gasteiger partial charge in [0.15, 0.2) is 0 Å². The van der Waals surface area contributed by atoms with Gasteiger partial charge in [-0.05, 0) is 69.6 Å². The fraction of sp³-hybridized carbons (Fsp3) is 0.481. The first-order valence-corrected chi connectivity index (χ1v) is 13.3. The highest BCUT2D eigenvalue weighted by atomic mass is 127. The average Bonchev–Trinajstić information content (AvgIpc) is 3.27. The molecule has 3 aromatic rings. The number of thiazole rings is 1. The maximum atomic E-state index is 14.8. The molecule has 36 heavy (non-hydrogen) atoms. The van der Waals surface area contributed by atoms with Gasteiger partial charge in [-0.1, -0.05) is 18.2 Å². The quantitative estimate of drug-likeness (QED) is 0.384. The lowest BCUT2D eigenvalue weighted by atomic mass is 9.97. The van der Waals surface area contributed by atoms with Crippen LogP contribution in [0, 0.1) is 5.82 Å². The van der Waals surface area contributed by atoms with E-state index in [1.165, 1.54) is 15.8 Å². The van der Waals surface area contributed by atoms with Gasteiger partial charge in [0, 0.05) is 25.6 Å². The second-order valence-electron chi connectivity index (χ2n) is 9.80. The summed E-state index contributed by atoms with van der Waals surface area (Å²) in [7, 11) is 0. The monoisotopic (exact) mass is 624 g/mol. The molecule has 1 amide bonds. The van der Waals surface area contributed by atoms with E-state index in [0.29, 0.717) is 37.8 Å². The molecule has 5 rings (SSSR count). The van der Waals surface area contributed by atoms with Crippen LogP contribution in [-0.4, -0.2) is 60.7 Å². The summed E-state index contributed by atoms with van der Waals surface area (Å²) in [5, 5.41) is 4.17. The highest BCUT2D eigenvalue weighted by molar-refractivity contribution is 14.0. The van der Waals surface area contributed by atoms with Crippen LogP contribution >= 0.6 is 35.3 Å². The Labute approximate surface area is 233 Å². The van der Waals surface area contributed by atoms with E-state index in [1.54, 1.807) is 11.3 Å². The molecule has 0 bridgehead atoms. The molecule has 2 atom stereocenters. The molecule has 0 spiro atoms. The van der Waals surface area contributed by atoms with E-state index in [0.717, 1.165) is 37.0 Å². The number of benzene rings is 2. The SMILES string of the molecule is CC1CN(c2ccc(CNC(=O)CN3CCC(c4nc5ccccc5s4)CC3)cc2F)CC(C)O1.I. The Bertz CT molecular complexity index is 1140. The molecule has 2 unspecified atom stereocenters. The number of carbonyl (C=O) groups is 1. The molecule has 2 saturated heterocycles. The summed E-state index contributed by atoms with van der Waals surface area (Å²) in [4.78, 5) is 21.6. The van der Waals surface area contributed by atoms with Crippen molar-refractivity contribution in [1.29, 1.82) is 0 Å². The van der Waals surface area contributed by atoms with E-state index < -0.39 is 0 Å². The van der Waals surface area contributed by atoms with Gasteiger partial charge in [0.2, 0.25) is 5.91 Å². The molecule has 2 fully saturated rings. The molecule has 2 aliphatic rings.